The van der Waals surface area contributed by atoms with Gasteiger partial charge in [-0.05, 0) is 49.8 Å². The number of ether oxygens (including phenoxy) is 2. The van der Waals surface area contributed by atoms with Crippen molar-refractivity contribution in [2.45, 2.75) is 45.2 Å². The molecule has 1 aromatic rings. The van der Waals surface area contributed by atoms with Crippen LogP contribution < -0.4 is 14.8 Å². The summed E-state index contributed by atoms with van der Waals surface area (Å²) in [6.45, 7) is 4.57. The highest BCUT2D eigenvalue weighted by Gasteiger charge is 2.26. The third-order valence-electron chi connectivity index (χ3n) is 3.88. The van der Waals surface area contributed by atoms with E-state index in [1.807, 2.05) is 6.07 Å². The Morgan fingerprint density at radius 3 is 2.47 bits per heavy atom. The first kappa shape index (κ1) is 14.2. The van der Waals surface area contributed by atoms with Crippen molar-refractivity contribution < 1.29 is 9.47 Å². The molecule has 3 heteroatoms. The fourth-order valence-corrected chi connectivity index (χ4v) is 2.86. The van der Waals surface area contributed by atoms with Crippen LogP contribution in [0.5, 0.6) is 11.5 Å². The van der Waals surface area contributed by atoms with Gasteiger partial charge in [-0.2, -0.15) is 0 Å². The number of hydrogen-bond donors (Lipinski definition) is 1. The van der Waals surface area contributed by atoms with Crippen LogP contribution in [0, 0.1) is 5.92 Å². The van der Waals surface area contributed by atoms with E-state index in [1.54, 1.807) is 14.2 Å². The molecule has 106 valence electrons. The number of hydrogen-bond acceptors (Lipinski definition) is 3. The first-order valence-corrected chi connectivity index (χ1v) is 7.09. The minimum atomic E-state index is 0.496. The lowest BCUT2D eigenvalue weighted by molar-refractivity contribution is 0.225. The Bertz CT molecular complexity index is 413. The quantitative estimate of drug-likeness (QED) is 0.856. The Balaban J connectivity index is 1.91. The second kappa shape index (κ2) is 6.29. The standard InChI is InChI=1S/C16H25NO2/c1-11-7-14(8-11)17-12(2)9-13-5-6-15(18-3)16(10-13)19-4/h5-6,10-12,14,17H,7-9H2,1-4H3. The average Bonchev–Trinajstić information content (AvgIpc) is 2.36. The molecule has 1 unspecified atom stereocenters. The molecule has 1 saturated carbocycles. The summed E-state index contributed by atoms with van der Waals surface area (Å²) in [6.07, 6.45) is 3.65. The zero-order valence-electron chi connectivity index (χ0n) is 12.4. The maximum atomic E-state index is 5.34. The molecule has 1 aliphatic rings. The van der Waals surface area contributed by atoms with Crippen molar-refractivity contribution in [3.05, 3.63) is 23.8 Å². The van der Waals surface area contributed by atoms with Gasteiger partial charge in [0.05, 0.1) is 14.2 Å². The van der Waals surface area contributed by atoms with E-state index in [2.05, 4.69) is 31.3 Å². The summed E-state index contributed by atoms with van der Waals surface area (Å²) in [5, 5.41) is 3.69. The Morgan fingerprint density at radius 1 is 1.21 bits per heavy atom. The van der Waals surface area contributed by atoms with Gasteiger partial charge in [-0.15, -0.1) is 0 Å². The molecule has 19 heavy (non-hydrogen) atoms. The molecule has 2 rings (SSSR count). The van der Waals surface area contributed by atoms with Crippen LogP contribution in [-0.2, 0) is 6.42 Å². The van der Waals surface area contributed by atoms with Gasteiger partial charge in [-0.25, -0.2) is 0 Å². The van der Waals surface area contributed by atoms with Gasteiger partial charge in [0.1, 0.15) is 0 Å². The summed E-state index contributed by atoms with van der Waals surface area (Å²) in [5.74, 6) is 2.50. The van der Waals surface area contributed by atoms with Crippen LogP contribution in [-0.4, -0.2) is 26.3 Å². The van der Waals surface area contributed by atoms with Crippen LogP contribution >= 0.6 is 0 Å². The molecule has 0 bridgehead atoms. The molecular formula is C16H25NO2. The fraction of sp³-hybridized carbons (Fsp3) is 0.625. The lowest BCUT2D eigenvalue weighted by Crippen LogP contribution is -2.45. The highest BCUT2D eigenvalue weighted by molar-refractivity contribution is 5.43. The molecule has 1 aromatic carbocycles. The third-order valence-corrected chi connectivity index (χ3v) is 3.88. The molecule has 0 aromatic heterocycles. The molecule has 0 spiro atoms. The molecule has 0 amide bonds. The van der Waals surface area contributed by atoms with E-state index in [-0.39, 0.29) is 0 Å². The smallest absolute Gasteiger partial charge is 0.160 e. The van der Waals surface area contributed by atoms with Crippen LogP contribution in [0.1, 0.15) is 32.3 Å². The summed E-state index contributed by atoms with van der Waals surface area (Å²) < 4.78 is 10.6. The second-order valence-corrected chi connectivity index (χ2v) is 5.73. The summed E-state index contributed by atoms with van der Waals surface area (Å²) >= 11 is 0. The van der Waals surface area contributed by atoms with Crippen LogP contribution in [0.3, 0.4) is 0 Å². The minimum absolute atomic E-state index is 0.496. The van der Waals surface area contributed by atoms with E-state index >= 15 is 0 Å². The van der Waals surface area contributed by atoms with Crippen molar-refractivity contribution in [2.24, 2.45) is 5.92 Å². The van der Waals surface area contributed by atoms with E-state index < -0.39 is 0 Å². The van der Waals surface area contributed by atoms with Crippen molar-refractivity contribution in [3.63, 3.8) is 0 Å². The van der Waals surface area contributed by atoms with Crippen molar-refractivity contribution in [3.8, 4) is 11.5 Å². The van der Waals surface area contributed by atoms with Gasteiger partial charge < -0.3 is 14.8 Å². The number of rotatable bonds is 6. The van der Waals surface area contributed by atoms with E-state index in [0.717, 1.165) is 23.8 Å². The van der Waals surface area contributed by atoms with E-state index in [9.17, 15) is 0 Å². The van der Waals surface area contributed by atoms with Gasteiger partial charge in [-0.1, -0.05) is 13.0 Å². The van der Waals surface area contributed by atoms with E-state index in [1.165, 1.54) is 18.4 Å². The van der Waals surface area contributed by atoms with Crippen LogP contribution in [0.15, 0.2) is 18.2 Å². The fourth-order valence-electron chi connectivity index (χ4n) is 2.86. The van der Waals surface area contributed by atoms with Gasteiger partial charge in [0.2, 0.25) is 0 Å². The first-order chi connectivity index (χ1) is 9.12. The second-order valence-electron chi connectivity index (χ2n) is 5.73. The Hall–Kier alpha value is -1.22. The van der Waals surface area contributed by atoms with Crippen molar-refractivity contribution >= 4 is 0 Å². The van der Waals surface area contributed by atoms with Gasteiger partial charge in [0.25, 0.3) is 0 Å². The average molecular weight is 263 g/mol. The zero-order chi connectivity index (χ0) is 13.8. The molecular weight excluding hydrogens is 238 g/mol. The summed E-state index contributed by atoms with van der Waals surface area (Å²) in [5.41, 5.74) is 1.28. The molecule has 1 atom stereocenters. The van der Waals surface area contributed by atoms with Crippen molar-refractivity contribution in [1.82, 2.24) is 5.32 Å². The molecule has 1 N–H and O–H groups in total. The van der Waals surface area contributed by atoms with E-state index in [4.69, 9.17) is 9.47 Å². The number of benzene rings is 1. The molecule has 1 fully saturated rings. The Labute approximate surface area is 116 Å². The maximum absolute atomic E-state index is 5.34. The molecule has 3 nitrogen and oxygen atoms in total. The maximum Gasteiger partial charge on any atom is 0.160 e. The van der Waals surface area contributed by atoms with E-state index in [0.29, 0.717) is 12.1 Å². The highest BCUT2D eigenvalue weighted by atomic mass is 16.5. The van der Waals surface area contributed by atoms with Gasteiger partial charge in [0, 0.05) is 12.1 Å². The number of methoxy groups -OCH3 is 2. The molecule has 0 radical (unpaired) electrons. The number of nitrogens with one attached hydrogen (secondary N) is 1. The molecule has 0 saturated heterocycles. The molecule has 0 aliphatic heterocycles. The Kier molecular flexibility index (Phi) is 4.70. The zero-order valence-corrected chi connectivity index (χ0v) is 12.4. The predicted octanol–water partition coefficient (Wildman–Crippen LogP) is 3.02. The van der Waals surface area contributed by atoms with Gasteiger partial charge in [0.15, 0.2) is 11.5 Å². The third kappa shape index (κ3) is 3.63. The minimum Gasteiger partial charge on any atom is -0.493 e. The predicted molar refractivity (Wildman–Crippen MR) is 78.0 cm³/mol. The monoisotopic (exact) mass is 263 g/mol. The van der Waals surface area contributed by atoms with Crippen LogP contribution in [0.4, 0.5) is 0 Å². The topological polar surface area (TPSA) is 30.5 Å². The normalized spacial score (nSPS) is 23.6. The van der Waals surface area contributed by atoms with Crippen LogP contribution in [0.2, 0.25) is 0 Å². The lowest BCUT2D eigenvalue weighted by atomic mass is 9.81. The SMILES string of the molecule is COc1ccc(CC(C)NC2CC(C)C2)cc1OC. The van der Waals surface area contributed by atoms with Crippen molar-refractivity contribution in [2.75, 3.05) is 14.2 Å². The summed E-state index contributed by atoms with van der Waals surface area (Å²) in [4.78, 5) is 0. The van der Waals surface area contributed by atoms with Gasteiger partial charge >= 0.3 is 0 Å². The van der Waals surface area contributed by atoms with Crippen molar-refractivity contribution in [1.29, 1.82) is 0 Å². The summed E-state index contributed by atoms with van der Waals surface area (Å²) in [7, 11) is 3.35. The van der Waals surface area contributed by atoms with Gasteiger partial charge in [-0.3, -0.25) is 0 Å². The lowest BCUT2D eigenvalue weighted by Gasteiger charge is -2.35. The highest BCUT2D eigenvalue weighted by Crippen LogP contribution is 2.29. The largest absolute Gasteiger partial charge is 0.493 e. The summed E-state index contributed by atoms with van der Waals surface area (Å²) in [6, 6.07) is 7.37. The Morgan fingerprint density at radius 2 is 1.89 bits per heavy atom. The van der Waals surface area contributed by atoms with Crippen LogP contribution in [0.25, 0.3) is 0 Å². The molecule has 0 heterocycles. The molecule has 1 aliphatic carbocycles. The first-order valence-electron chi connectivity index (χ1n) is 7.09.